The van der Waals surface area contributed by atoms with E-state index in [1.165, 1.54) is 0 Å². The monoisotopic (exact) mass is 261 g/mol. The maximum absolute atomic E-state index is 9.01. The normalized spacial score (nSPS) is 10.0. The van der Waals surface area contributed by atoms with E-state index in [1.54, 1.807) is 29.2 Å². The second kappa shape index (κ2) is 5.43. The molecule has 0 aliphatic heterocycles. The van der Waals surface area contributed by atoms with Crippen LogP contribution in [0, 0.1) is 11.3 Å². The molecule has 0 amide bonds. The summed E-state index contributed by atoms with van der Waals surface area (Å²) in [5, 5.41) is 16.7. The van der Waals surface area contributed by atoms with Crippen molar-refractivity contribution in [2.75, 3.05) is 17.6 Å². The second-order valence-corrected chi connectivity index (χ2v) is 4.14. The van der Waals surface area contributed by atoms with Crippen molar-refractivity contribution in [1.82, 2.24) is 9.78 Å². The number of halogens is 1. The summed E-state index contributed by atoms with van der Waals surface area (Å²) in [7, 11) is 0. The Kier molecular flexibility index (Phi) is 3.70. The van der Waals surface area contributed by atoms with Crippen LogP contribution in [-0.2, 0) is 6.54 Å². The smallest absolute Gasteiger partial charge is 0.103 e. The van der Waals surface area contributed by atoms with Crippen LogP contribution in [0.5, 0.6) is 0 Å². The summed E-state index contributed by atoms with van der Waals surface area (Å²) in [5.41, 5.74) is 7.38. The number of rotatable bonds is 4. The molecule has 1 aromatic carbocycles. The maximum Gasteiger partial charge on any atom is 0.103 e. The van der Waals surface area contributed by atoms with Gasteiger partial charge < -0.3 is 11.1 Å². The third-order valence-electron chi connectivity index (χ3n) is 2.43. The highest BCUT2D eigenvalue weighted by atomic mass is 35.5. The summed E-state index contributed by atoms with van der Waals surface area (Å²) in [6.45, 7) is 1.30. The average molecular weight is 262 g/mol. The van der Waals surface area contributed by atoms with Crippen LogP contribution in [0.4, 0.5) is 11.4 Å². The molecule has 1 aromatic heterocycles. The van der Waals surface area contributed by atoms with Crippen LogP contribution >= 0.6 is 11.6 Å². The summed E-state index contributed by atoms with van der Waals surface area (Å²) in [6, 6.07) is 7.40. The Morgan fingerprint density at radius 3 is 3.00 bits per heavy atom. The molecule has 0 fully saturated rings. The van der Waals surface area contributed by atoms with Crippen LogP contribution in [0.15, 0.2) is 30.6 Å². The molecule has 1 heterocycles. The molecule has 0 atom stereocenters. The highest BCUT2D eigenvalue weighted by molar-refractivity contribution is 6.32. The number of nitriles is 1. The van der Waals surface area contributed by atoms with Gasteiger partial charge in [-0.25, -0.2) is 0 Å². The van der Waals surface area contributed by atoms with E-state index < -0.39 is 0 Å². The van der Waals surface area contributed by atoms with E-state index in [4.69, 9.17) is 22.6 Å². The Morgan fingerprint density at radius 2 is 2.33 bits per heavy atom. The summed E-state index contributed by atoms with van der Waals surface area (Å²) < 4.78 is 1.74. The summed E-state index contributed by atoms with van der Waals surface area (Å²) >= 11 is 5.93. The fraction of sp³-hybridized carbons (Fsp3) is 0.167. The van der Waals surface area contributed by atoms with Crippen LogP contribution in [0.1, 0.15) is 5.56 Å². The van der Waals surface area contributed by atoms with Crippen LogP contribution in [0.25, 0.3) is 0 Å². The van der Waals surface area contributed by atoms with E-state index in [1.807, 2.05) is 6.07 Å². The van der Waals surface area contributed by atoms with Crippen molar-refractivity contribution in [3.05, 3.63) is 41.2 Å². The molecular weight excluding hydrogens is 250 g/mol. The van der Waals surface area contributed by atoms with Crippen molar-refractivity contribution >= 4 is 23.0 Å². The lowest BCUT2D eigenvalue weighted by Gasteiger charge is -2.08. The van der Waals surface area contributed by atoms with E-state index in [-0.39, 0.29) is 0 Å². The fourth-order valence-electron chi connectivity index (χ4n) is 1.59. The molecule has 2 aromatic rings. The minimum atomic E-state index is 0.450. The molecule has 0 saturated heterocycles. The maximum atomic E-state index is 9.01. The predicted octanol–water partition coefficient (Wildman–Crippen LogP) is 2.10. The van der Waals surface area contributed by atoms with Crippen molar-refractivity contribution in [2.24, 2.45) is 0 Å². The molecular formula is C12H12ClN5. The number of hydrogen-bond acceptors (Lipinski definition) is 4. The Balaban J connectivity index is 1.99. The minimum Gasteiger partial charge on any atom is -0.396 e. The van der Waals surface area contributed by atoms with Gasteiger partial charge in [0.2, 0.25) is 0 Å². The topological polar surface area (TPSA) is 79.7 Å². The van der Waals surface area contributed by atoms with Gasteiger partial charge >= 0.3 is 0 Å². The fourth-order valence-corrected chi connectivity index (χ4v) is 1.81. The first-order valence-electron chi connectivity index (χ1n) is 5.41. The quantitative estimate of drug-likeness (QED) is 0.883. The first-order chi connectivity index (χ1) is 8.70. The van der Waals surface area contributed by atoms with Gasteiger partial charge in [0.05, 0.1) is 34.7 Å². The molecule has 6 heteroatoms. The number of aromatic nitrogens is 2. The van der Waals surface area contributed by atoms with Gasteiger partial charge in [-0.2, -0.15) is 10.4 Å². The number of nitrogens with one attached hydrogen (secondary N) is 1. The lowest BCUT2D eigenvalue weighted by Crippen LogP contribution is -2.11. The third kappa shape index (κ3) is 2.73. The van der Waals surface area contributed by atoms with E-state index in [9.17, 15) is 0 Å². The van der Waals surface area contributed by atoms with E-state index in [0.717, 1.165) is 5.69 Å². The lowest BCUT2D eigenvalue weighted by molar-refractivity contribution is 0.638. The molecule has 0 spiro atoms. The average Bonchev–Trinajstić information content (AvgIpc) is 2.75. The van der Waals surface area contributed by atoms with Gasteiger partial charge in [-0.3, -0.25) is 4.68 Å². The predicted molar refractivity (Wildman–Crippen MR) is 71.3 cm³/mol. The first-order valence-corrected chi connectivity index (χ1v) is 5.79. The molecule has 0 saturated carbocycles. The Hall–Kier alpha value is -2.19. The van der Waals surface area contributed by atoms with Crippen molar-refractivity contribution in [2.45, 2.75) is 6.54 Å². The first kappa shape index (κ1) is 12.3. The van der Waals surface area contributed by atoms with E-state index in [2.05, 4.69) is 16.5 Å². The number of benzene rings is 1. The number of nitrogen functional groups attached to an aromatic ring is 1. The van der Waals surface area contributed by atoms with E-state index >= 15 is 0 Å². The van der Waals surface area contributed by atoms with Gasteiger partial charge in [-0.15, -0.1) is 0 Å². The van der Waals surface area contributed by atoms with Gasteiger partial charge in [-0.1, -0.05) is 17.7 Å². The largest absolute Gasteiger partial charge is 0.396 e. The van der Waals surface area contributed by atoms with Gasteiger partial charge in [-0.05, 0) is 12.1 Å². The third-order valence-corrected chi connectivity index (χ3v) is 2.75. The van der Waals surface area contributed by atoms with Crippen molar-refractivity contribution < 1.29 is 0 Å². The van der Waals surface area contributed by atoms with Gasteiger partial charge in [0.15, 0.2) is 0 Å². The number of nitrogens with zero attached hydrogens (tertiary/aromatic N) is 3. The molecule has 0 bridgehead atoms. The second-order valence-electron chi connectivity index (χ2n) is 3.74. The molecule has 18 heavy (non-hydrogen) atoms. The van der Waals surface area contributed by atoms with E-state index in [0.29, 0.717) is 29.4 Å². The standard InChI is InChI=1S/C12H12ClN5/c13-11-2-1-3-12(10(11)6-14)16-4-5-18-8-9(15)7-17-18/h1-3,7-8,16H,4-5,15H2. The van der Waals surface area contributed by atoms with Gasteiger partial charge in [0.1, 0.15) is 6.07 Å². The Morgan fingerprint density at radius 1 is 1.50 bits per heavy atom. The summed E-state index contributed by atoms with van der Waals surface area (Å²) in [6.07, 6.45) is 3.35. The molecule has 2 rings (SSSR count). The van der Waals surface area contributed by atoms with Gasteiger partial charge in [0, 0.05) is 12.7 Å². The Labute approximate surface area is 110 Å². The zero-order valence-electron chi connectivity index (χ0n) is 9.60. The zero-order valence-corrected chi connectivity index (χ0v) is 10.4. The van der Waals surface area contributed by atoms with Crippen molar-refractivity contribution in [3.8, 4) is 6.07 Å². The number of anilines is 2. The molecule has 0 aliphatic carbocycles. The minimum absolute atomic E-state index is 0.450. The highest BCUT2D eigenvalue weighted by Crippen LogP contribution is 2.22. The number of hydrogen-bond donors (Lipinski definition) is 2. The Bertz CT molecular complexity index is 584. The van der Waals surface area contributed by atoms with Crippen LogP contribution < -0.4 is 11.1 Å². The molecule has 3 N–H and O–H groups in total. The molecule has 5 nitrogen and oxygen atoms in total. The van der Waals surface area contributed by atoms with Crippen molar-refractivity contribution in [3.63, 3.8) is 0 Å². The summed E-state index contributed by atoms with van der Waals surface area (Å²) in [4.78, 5) is 0. The molecule has 0 aliphatic rings. The van der Waals surface area contributed by atoms with Crippen LogP contribution in [-0.4, -0.2) is 16.3 Å². The summed E-state index contributed by atoms with van der Waals surface area (Å²) in [5.74, 6) is 0. The van der Waals surface area contributed by atoms with Crippen LogP contribution in [0.2, 0.25) is 5.02 Å². The lowest BCUT2D eigenvalue weighted by atomic mass is 10.2. The SMILES string of the molecule is N#Cc1c(Cl)cccc1NCCn1cc(N)cn1. The molecule has 0 radical (unpaired) electrons. The highest BCUT2D eigenvalue weighted by Gasteiger charge is 2.05. The number of nitrogens with two attached hydrogens (primary N) is 1. The molecule has 0 unspecified atom stereocenters. The van der Waals surface area contributed by atoms with Crippen molar-refractivity contribution in [1.29, 1.82) is 5.26 Å². The van der Waals surface area contributed by atoms with Crippen LogP contribution in [0.3, 0.4) is 0 Å². The molecule has 92 valence electrons. The van der Waals surface area contributed by atoms with Gasteiger partial charge in [0.25, 0.3) is 0 Å². The zero-order chi connectivity index (χ0) is 13.0.